The van der Waals surface area contributed by atoms with E-state index in [1.165, 1.54) is 22.1 Å². The van der Waals surface area contributed by atoms with Gasteiger partial charge in [0, 0.05) is 17.0 Å². The lowest BCUT2D eigenvalue weighted by atomic mass is 10.1. The summed E-state index contributed by atoms with van der Waals surface area (Å²) >= 11 is 1.25. The highest BCUT2D eigenvalue weighted by molar-refractivity contribution is 7.14. The predicted octanol–water partition coefficient (Wildman–Crippen LogP) is 5.16. The Morgan fingerprint density at radius 1 is 1.09 bits per heavy atom. The normalized spacial score (nSPS) is 10.8. The molecule has 0 unspecified atom stereocenters. The third-order valence-electron chi connectivity index (χ3n) is 5.06. The number of halogens is 2. The van der Waals surface area contributed by atoms with Crippen molar-refractivity contribution in [1.82, 2.24) is 14.8 Å². The minimum Gasteiger partial charge on any atom is -0.497 e. The summed E-state index contributed by atoms with van der Waals surface area (Å²) in [5, 5.41) is 9.22. The van der Waals surface area contributed by atoms with E-state index in [0.29, 0.717) is 33.7 Å². The average molecular weight is 471 g/mol. The highest BCUT2D eigenvalue weighted by atomic mass is 32.1. The number of nitrogens with zero attached hydrogens (tertiary/aromatic N) is 3. The highest BCUT2D eigenvalue weighted by Crippen LogP contribution is 2.35. The van der Waals surface area contributed by atoms with E-state index in [1.807, 2.05) is 0 Å². The molecule has 0 aliphatic rings. The van der Waals surface area contributed by atoms with E-state index in [0.717, 1.165) is 17.7 Å². The lowest BCUT2D eigenvalue weighted by molar-refractivity contribution is 0.102. The van der Waals surface area contributed by atoms with Crippen LogP contribution in [-0.4, -0.2) is 34.9 Å². The Bertz CT molecular complexity index is 1350. The van der Waals surface area contributed by atoms with Crippen LogP contribution in [0.25, 0.3) is 16.9 Å². The van der Waals surface area contributed by atoms with Gasteiger partial charge in [0.05, 0.1) is 36.9 Å². The molecule has 33 heavy (non-hydrogen) atoms. The lowest BCUT2D eigenvalue weighted by Gasteiger charge is -2.08. The van der Waals surface area contributed by atoms with Gasteiger partial charge in [0.2, 0.25) is 0 Å². The second-order valence-electron chi connectivity index (χ2n) is 7.11. The zero-order valence-electron chi connectivity index (χ0n) is 18.3. The molecule has 1 N–H and O–H groups in total. The molecule has 0 atom stereocenters. The zero-order valence-corrected chi connectivity index (χ0v) is 19.1. The first-order chi connectivity index (χ1) is 15.8. The molecule has 0 aliphatic heterocycles. The van der Waals surface area contributed by atoms with E-state index in [4.69, 9.17) is 9.47 Å². The Hall–Kier alpha value is -3.79. The van der Waals surface area contributed by atoms with E-state index in [2.05, 4.69) is 15.4 Å². The van der Waals surface area contributed by atoms with Crippen LogP contribution in [0.3, 0.4) is 0 Å². The molecular weight excluding hydrogens is 450 g/mol. The number of aryl methyl sites for hydroxylation is 1. The van der Waals surface area contributed by atoms with E-state index >= 15 is 0 Å². The first kappa shape index (κ1) is 22.4. The summed E-state index contributed by atoms with van der Waals surface area (Å²) in [4.78, 5) is 17.5. The van der Waals surface area contributed by atoms with Gasteiger partial charge in [-0.3, -0.25) is 10.1 Å². The van der Waals surface area contributed by atoms with E-state index in [-0.39, 0.29) is 11.3 Å². The Morgan fingerprint density at radius 3 is 2.58 bits per heavy atom. The second kappa shape index (κ2) is 8.99. The highest BCUT2D eigenvalue weighted by Gasteiger charge is 2.22. The van der Waals surface area contributed by atoms with Gasteiger partial charge in [-0.05, 0) is 44.2 Å². The van der Waals surface area contributed by atoms with Crippen molar-refractivity contribution in [3.63, 3.8) is 0 Å². The number of hydrogen-bond acceptors (Lipinski definition) is 6. The van der Waals surface area contributed by atoms with Crippen LogP contribution >= 0.6 is 11.3 Å². The SMILES string of the molecule is COc1ccc(OC)c(-c2csc(NC(=O)c3c(C)nn(-c4ccc(F)cc4F)c3C)n2)c1. The lowest BCUT2D eigenvalue weighted by Crippen LogP contribution is -2.14. The Labute approximate surface area is 192 Å². The van der Waals surface area contributed by atoms with Crippen molar-refractivity contribution in [3.05, 3.63) is 70.4 Å². The van der Waals surface area contributed by atoms with Gasteiger partial charge in [-0.25, -0.2) is 18.4 Å². The molecule has 0 bridgehead atoms. The van der Waals surface area contributed by atoms with Crippen LogP contribution in [0, 0.1) is 25.5 Å². The number of anilines is 1. The van der Waals surface area contributed by atoms with Crippen LogP contribution in [0.4, 0.5) is 13.9 Å². The number of nitrogens with one attached hydrogen (secondary N) is 1. The fourth-order valence-corrected chi connectivity index (χ4v) is 4.19. The van der Waals surface area contributed by atoms with Crippen molar-refractivity contribution in [2.75, 3.05) is 19.5 Å². The van der Waals surface area contributed by atoms with Crippen LogP contribution in [0.5, 0.6) is 11.5 Å². The molecule has 1 amide bonds. The molecule has 4 aromatic rings. The third kappa shape index (κ3) is 4.29. The number of methoxy groups -OCH3 is 2. The van der Waals surface area contributed by atoms with Gasteiger partial charge >= 0.3 is 0 Å². The maximum Gasteiger partial charge on any atom is 0.261 e. The molecule has 0 spiro atoms. The van der Waals surface area contributed by atoms with Crippen molar-refractivity contribution in [2.45, 2.75) is 13.8 Å². The maximum atomic E-state index is 14.3. The molecule has 2 aromatic heterocycles. The Morgan fingerprint density at radius 2 is 1.88 bits per heavy atom. The minimum atomic E-state index is -0.774. The molecule has 7 nitrogen and oxygen atoms in total. The molecule has 2 aromatic carbocycles. The molecule has 0 saturated carbocycles. The number of hydrogen-bond donors (Lipinski definition) is 1. The zero-order chi connectivity index (χ0) is 23.7. The minimum absolute atomic E-state index is 0.0534. The largest absolute Gasteiger partial charge is 0.497 e. The van der Waals surface area contributed by atoms with E-state index < -0.39 is 17.5 Å². The smallest absolute Gasteiger partial charge is 0.261 e. The van der Waals surface area contributed by atoms with Crippen molar-refractivity contribution in [2.24, 2.45) is 0 Å². The quantitative estimate of drug-likeness (QED) is 0.421. The number of carbonyl (C=O) groups is 1. The Kier molecular flexibility index (Phi) is 6.10. The van der Waals surface area contributed by atoms with Gasteiger partial charge in [-0.2, -0.15) is 5.10 Å². The summed E-state index contributed by atoms with van der Waals surface area (Å²) in [5.74, 6) is -0.631. The maximum absolute atomic E-state index is 14.3. The number of amides is 1. The van der Waals surface area contributed by atoms with E-state index in [9.17, 15) is 13.6 Å². The van der Waals surface area contributed by atoms with Gasteiger partial charge in [0.15, 0.2) is 10.9 Å². The molecule has 0 saturated heterocycles. The van der Waals surface area contributed by atoms with Crippen LogP contribution in [-0.2, 0) is 0 Å². The van der Waals surface area contributed by atoms with Crippen molar-refractivity contribution >= 4 is 22.4 Å². The molecule has 0 radical (unpaired) electrons. The number of thiazole rings is 1. The molecule has 2 heterocycles. The van der Waals surface area contributed by atoms with Crippen molar-refractivity contribution < 1.29 is 23.0 Å². The van der Waals surface area contributed by atoms with Gasteiger partial charge in [-0.15, -0.1) is 11.3 Å². The standard InChI is InChI=1S/C23H20F2N4O3S/c1-12-21(13(2)29(28-12)19-7-5-14(24)9-17(19)25)22(30)27-23-26-18(11-33-23)16-10-15(31-3)6-8-20(16)32-4/h5-11H,1-4H3,(H,26,27,30). The van der Waals surface area contributed by atoms with Gasteiger partial charge in [0.25, 0.3) is 5.91 Å². The van der Waals surface area contributed by atoms with Crippen LogP contribution in [0.15, 0.2) is 41.8 Å². The number of carbonyl (C=O) groups excluding carboxylic acids is 1. The van der Waals surface area contributed by atoms with Gasteiger partial charge < -0.3 is 9.47 Å². The monoisotopic (exact) mass is 470 g/mol. The molecular formula is C23H20F2N4O3S. The molecule has 0 fully saturated rings. The van der Waals surface area contributed by atoms with Crippen molar-refractivity contribution in [3.8, 4) is 28.4 Å². The summed E-state index contributed by atoms with van der Waals surface area (Å²) in [6.07, 6.45) is 0. The second-order valence-corrected chi connectivity index (χ2v) is 7.97. The number of benzene rings is 2. The molecule has 10 heteroatoms. The number of aromatic nitrogens is 3. The first-order valence-corrected chi connectivity index (χ1v) is 10.7. The van der Waals surface area contributed by atoms with Crippen LogP contribution < -0.4 is 14.8 Å². The summed E-state index contributed by atoms with van der Waals surface area (Å²) in [6.45, 7) is 3.29. The summed E-state index contributed by atoms with van der Waals surface area (Å²) in [6, 6.07) is 8.55. The third-order valence-corrected chi connectivity index (χ3v) is 5.82. The average Bonchev–Trinajstić information content (AvgIpc) is 3.37. The van der Waals surface area contributed by atoms with Crippen LogP contribution in [0.1, 0.15) is 21.7 Å². The summed E-state index contributed by atoms with van der Waals surface area (Å²) in [5.41, 5.74) is 2.50. The molecule has 0 aliphatic carbocycles. The number of ether oxygens (including phenoxy) is 2. The Balaban J connectivity index is 1.62. The predicted molar refractivity (Wildman–Crippen MR) is 122 cm³/mol. The number of rotatable bonds is 6. The van der Waals surface area contributed by atoms with E-state index in [1.54, 1.807) is 51.6 Å². The fraction of sp³-hybridized carbons (Fsp3) is 0.174. The first-order valence-electron chi connectivity index (χ1n) is 9.83. The van der Waals surface area contributed by atoms with Crippen LogP contribution in [0.2, 0.25) is 0 Å². The van der Waals surface area contributed by atoms with Crippen molar-refractivity contribution in [1.29, 1.82) is 0 Å². The van der Waals surface area contributed by atoms with Gasteiger partial charge in [-0.1, -0.05) is 0 Å². The fourth-order valence-electron chi connectivity index (χ4n) is 3.49. The molecule has 4 rings (SSSR count). The summed E-state index contributed by atoms with van der Waals surface area (Å²) in [7, 11) is 3.13. The topological polar surface area (TPSA) is 78.3 Å². The molecule has 170 valence electrons. The summed E-state index contributed by atoms with van der Waals surface area (Å²) < 4.78 is 39.5. The van der Waals surface area contributed by atoms with Gasteiger partial charge in [0.1, 0.15) is 23.0 Å².